The summed E-state index contributed by atoms with van der Waals surface area (Å²) in [6.07, 6.45) is 2.55. The van der Waals surface area contributed by atoms with E-state index >= 15 is 0 Å². The maximum absolute atomic E-state index is 10.9. The van der Waals surface area contributed by atoms with Crippen LogP contribution in [0, 0.1) is 0 Å². The van der Waals surface area contributed by atoms with Crippen molar-refractivity contribution < 1.29 is 9.59 Å². The Balaban J connectivity index is 3.53. The Kier molecular flexibility index (Phi) is 6.14. The summed E-state index contributed by atoms with van der Waals surface area (Å²) in [6, 6.07) is 0. The van der Waals surface area contributed by atoms with Gasteiger partial charge < -0.3 is 5.32 Å². The summed E-state index contributed by atoms with van der Waals surface area (Å²) in [5.41, 5.74) is 0. The lowest BCUT2D eigenvalue weighted by Gasteiger charge is -1.98. The highest BCUT2D eigenvalue weighted by Gasteiger charge is 1.94. The van der Waals surface area contributed by atoms with Crippen molar-refractivity contribution in [3.8, 4) is 0 Å². The summed E-state index contributed by atoms with van der Waals surface area (Å²) in [7, 11) is 1.78. The van der Waals surface area contributed by atoms with Gasteiger partial charge >= 0.3 is 0 Å². The van der Waals surface area contributed by atoms with Crippen molar-refractivity contribution in [2.75, 3.05) is 20.3 Å². The van der Waals surface area contributed by atoms with Crippen LogP contribution in [-0.2, 0) is 9.59 Å². The quantitative estimate of drug-likeness (QED) is 0.319. The number of allylic oxidation sites excluding steroid dienone is 1. The predicted molar refractivity (Wildman–Crippen MR) is 46.8 cm³/mol. The molecule has 4 nitrogen and oxygen atoms in total. The average molecular weight is 170 g/mol. The zero-order valence-electron chi connectivity index (χ0n) is 7.39. The Labute approximate surface area is 72.0 Å². The van der Waals surface area contributed by atoms with Crippen LogP contribution in [0.4, 0.5) is 0 Å². The Morgan fingerprint density at radius 2 is 2.00 bits per heavy atom. The molecule has 0 aromatic rings. The molecule has 0 saturated carbocycles. The third-order valence-electron chi connectivity index (χ3n) is 1.10. The van der Waals surface area contributed by atoms with E-state index in [4.69, 9.17) is 0 Å². The lowest BCUT2D eigenvalue weighted by Crippen LogP contribution is -2.30. The SMILES string of the molecule is CNCNCC(=O)C=CC(C)=O. The number of carbonyl (C=O) groups excluding carboxylic acids is 2. The summed E-state index contributed by atoms with van der Waals surface area (Å²) < 4.78 is 0. The van der Waals surface area contributed by atoms with Gasteiger partial charge in [-0.25, -0.2) is 0 Å². The largest absolute Gasteiger partial charge is 0.308 e. The van der Waals surface area contributed by atoms with E-state index in [0.717, 1.165) is 0 Å². The van der Waals surface area contributed by atoms with E-state index in [0.29, 0.717) is 6.67 Å². The number of ketones is 2. The standard InChI is InChI=1S/C8H14N2O2/c1-7(11)3-4-8(12)5-10-6-9-2/h3-4,9-10H,5-6H2,1-2H3. The van der Waals surface area contributed by atoms with Crippen molar-refractivity contribution in [1.29, 1.82) is 0 Å². The summed E-state index contributed by atoms with van der Waals surface area (Å²) in [5, 5.41) is 5.67. The molecule has 0 aliphatic carbocycles. The molecule has 0 atom stereocenters. The molecule has 0 heterocycles. The number of hydrogen-bond donors (Lipinski definition) is 2. The Morgan fingerprint density at radius 1 is 1.33 bits per heavy atom. The van der Waals surface area contributed by atoms with Crippen molar-refractivity contribution in [3.63, 3.8) is 0 Å². The first-order valence-electron chi connectivity index (χ1n) is 3.73. The molecule has 0 bridgehead atoms. The van der Waals surface area contributed by atoms with Crippen molar-refractivity contribution in [3.05, 3.63) is 12.2 Å². The van der Waals surface area contributed by atoms with E-state index < -0.39 is 0 Å². The minimum absolute atomic E-state index is 0.0968. The fourth-order valence-electron chi connectivity index (χ4n) is 0.580. The average Bonchev–Trinajstić information content (AvgIpc) is 2.01. The number of carbonyl (C=O) groups is 2. The van der Waals surface area contributed by atoms with Crippen LogP contribution < -0.4 is 10.6 Å². The van der Waals surface area contributed by atoms with Crippen molar-refractivity contribution in [2.45, 2.75) is 6.92 Å². The number of nitrogens with one attached hydrogen (secondary N) is 2. The number of hydrogen-bond acceptors (Lipinski definition) is 4. The highest BCUT2D eigenvalue weighted by atomic mass is 16.1. The Morgan fingerprint density at radius 3 is 2.50 bits per heavy atom. The predicted octanol–water partition coefficient (Wildman–Crippen LogP) is -0.533. The van der Waals surface area contributed by atoms with Gasteiger partial charge in [-0.3, -0.25) is 14.9 Å². The highest BCUT2D eigenvalue weighted by molar-refractivity contribution is 5.98. The molecular weight excluding hydrogens is 156 g/mol. The molecule has 2 N–H and O–H groups in total. The molecule has 12 heavy (non-hydrogen) atoms. The van der Waals surface area contributed by atoms with Crippen molar-refractivity contribution >= 4 is 11.6 Å². The van der Waals surface area contributed by atoms with Crippen LogP contribution >= 0.6 is 0 Å². The molecule has 0 saturated heterocycles. The zero-order chi connectivity index (χ0) is 9.40. The highest BCUT2D eigenvalue weighted by Crippen LogP contribution is 1.77. The lowest BCUT2D eigenvalue weighted by atomic mass is 10.3. The molecule has 0 rings (SSSR count). The lowest BCUT2D eigenvalue weighted by molar-refractivity contribution is -0.115. The van der Waals surface area contributed by atoms with Crippen molar-refractivity contribution in [2.24, 2.45) is 0 Å². The fourth-order valence-corrected chi connectivity index (χ4v) is 0.580. The van der Waals surface area contributed by atoms with Gasteiger partial charge in [-0.2, -0.15) is 0 Å². The molecule has 68 valence electrons. The molecule has 0 aromatic carbocycles. The Bertz CT molecular complexity index is 187. The van der Waals surface area contributed by atoms with Gasteiger partial charge in [-0.15, -0.1) is 0 Å². The summed E-state index contributed by atoms with van der Waals surface area (Å²) in [4.78, 5) is 21.3. The van der Waals surface area contributed by atoms with Gasteiger partial charge in [0.25, 0.3) is 0 Å². The topological polar surface area (TPSA) is 58.2 Å². The van der Waals surface area contributed by atoms with Gasteiger partial charge in [-0.1, -0.05) is 0 Å². The van der Waals surface area contributed by atoms with Gasteiger partial charge in [0.2, 0.25) is 0 Å². The fraction of sp³-hybridized carbons (Fsp3) is 0.500. The molecular formula is C8H14N2O2. The smallest absolute Gasteiger partial charge is 0.169 e. The summed E-state index contributed by atoms with van der Waals surface area (Å²) >= 11 is 0. The third kappa shape index (κ3) is 7.11. The minimum Gasteiger partial charge on any atom is -0.308 e. The molecule has 0 aliphatic heterocycles. The van der Waals surface area contributed by atoms with E-state index in [-0.39, 0.29) is 18.1 Å². The summed E-state index contributed by atoms with van der Waals surface area (Å²) in [5.74, 6) is -0.211. The van der Waals surface area contributed by atoms with Crippen LogP contribution in [0.1, 0.15) is 6.92 Å². The molecule has 0 aromatic heterocycles. The minimum atomic E-state index is -0.114. The molecule has 4 heteroatoms. The van der Waals surface area contributed by atoms with Crippen LogP contribution in [0.15, 0.2) is 12.2 Å². The maximum Gasteiger partial charge on any atom is 0.169 e. The molecule has 0 radical (unpaired) electrons. The molecule has 0 spiro atoms. The summed E-state index contributed by atoms with van der Waals surface area (Å²) in [6.45, 7) is 2.25. The van der Waals surface area contributed by atoms with E-state index in [9.17, 15) is 9.59 Å². The molecule has 0 unspecified atom stereocenters. The van der Waals surface area contributed by atoms with Gasteiger partial charge in [0.1, 0.15) is 0 Å². The van der Waals surface area contributed by atoms with Crippen molar-refractivity contribution in [1.82, 2.24) is 10.6 Å². The van der Waals surface area contributed by atoms with Gasteiger partial charge in [0, 0.05) is 6.67 Å². The van der Waals surface area contributed by atoms with Crippen LogP contribution in [0.2, 0.25) is 0 Å². The van der Waals surface area contributed by atoms with E-state index in [1.165, 1.54) is 19.1 Å². The zero-order valence-corrected chi connectivity index (χ0v) is 7.39. The monoisotopic (exact) mass is 170 g/mol. The molecule has 0 fully saturated rings. The third-order valence-corrected chi connectivity index (χ3v) is 1.10. The first kappa shape index (κ1) is 11.0. The van der Waals surface area contributed by atoms with Crippen LogP contribution in [0.25, 0.3) is 0 Å². The second kappa shape index (κ2) is 6.69. The van der Waals surface area contributed by atoms with Crippen LogP contribution in [-0.4, -0.2) is 31.8 Å². The van der Waals surface area contributed by atoms with E-state index in [1.54, 1.807) is 7.05 Å². The molecule has 0 amide bonds. The van der Waals surface area contributed by atoms with E-state index in [1.807, 2.05) is 0 Å². The number of rotatable bonds is 6. The Hall–Kier alpha value is -1.00. The second-order valence-corrected chi connectivity index (χ2v) is 2.37. The molecule has 0 aliphatic rings. The second-order valence-electron chi connectivity index (χ2n) is 2.37. The van der Waals surface area contributed by atoms with Gasteiger partial charge in [0.15, 0.2) is 11.6 Å². The normalized spacial score (nSPS) is 10.5. The van der Waals surface area contributed by atoms with Gasteiger partial charge in [0.05, 0.1) is 6.54 Å². The first-order valence-corrected chi connectivity index (χ1v) is 3.73. The van der Waals surface area contributed by atoms with E-state index in [2.05, 4.69) is 10.6 Å². The van der Waals surface area contributed by atoms with Crippen LogP contribution in [0.3, 0.4) is 0 Å². The van der Waals surface area contributed by atoms with Crippen LogP contribution in [0.5, 0.6) is 0 Å². The first-order chi connectivity index (χ1) is 5.66. The maximum atomic E-state index is 10.9. The van der Waals surface area contributed by atoms with Gasteiger partial charge in [-0.05, 0) is 26.1 Å².